The number of amides is 2. The van der Waals surface area contributed by atoms with Gasteiger partial charge in [-0.25, -0.2) is 18.6 Å². The van der Waals surface area contributed by atoms with Crippen LogP contribution in [0.3, 0.4) is 0 Å². The highest BCUT2D eigenvalue weighted by Gasteiger charge is 2.62. The van der Waals surface area contributed by atoms with Gasteiger partial charge in [-0.05, 0) is 48.5 Å². The molecule has 1 saturated heterocycles. The average molecular weight is 500 g/mol. The number of aromatic nitrogens is 1. The number of alkyl halides is 3. The van der Waals surface area contributed by atoms with Crippen molar-refractivity contribution in [3.63, 3.8) is 0 Å². The van der Waals surface area contributed by atoms with E-state index in [9.17, 15) is 26.7 Å². The van der Waals surface area contributed by atoms with Crippen molar-refractivity contribution in [2.45, 2.75) is 18.2 Å². The van der Waals surface area contributed by atoms with E-state index in [-0.39, 0.29) is 34.6 Å². The zero-order valence-corrected chi connectivity index (χ0v) is 17.8. The monoisotopic (exact) mass is 499 g/mol. The van der Waals surface area contributed by atoms with Crippen molar-refractivity contribution >= 4 is 29.0 Å². The van der Waals surface area contributed by atoms with E-state index < -0.39 is 41.4 Å². The lowest BCUT2D eigenvalue weighted by Crippen LogP contribution is -2.52. The third-order valence-electron chi connectivity index (χ3n) is 5.04. The molecule has 1 unspecified atom stereocenters. The number of carbonyl (C=O) groups excluding carboxylic acids is 1. The average Bonchev–Trinajstić information content (AvgIpc) is 2.71. The summed E-state index contributed by atoms with van der Waals surface area (Å²) >= 11 is 5.68. The van der Waals surface area contributed by atoms with E-state index in [4.69, 9.17) is 21.1 Å². The van der Waals surface area contributed by atoms with Crippen molar-refractivity contribution in [2.75, 3.05) is 17.2 Å². The quantitative estimate of drug-likeness (QED) is 0.387. The summed E-state index contributed by atoms with van der Waals surface area (Å²) in [4.78, 5) is 16.3. The van der Waals surface area contributed by atoms with E-state index in [1.807, 2.05) is 0 Å². The first-order chi connectivity index (χ1) is 16.1. The third-order valence-corrected chi connectivity index (χ3v) is 5.28. The van der Waals surface area contributed by atoms with Gasteiger partial charge in [0.05, 0.1) is 12.3 Å². The van der Waals surface area contributed by atoms with Crippen molar-refractivity contribution in [2.24, 2.45) is 0 Å². The van der Waals surface area contributed by atoms with Crippen LogP contribution in [0.2, 0.25) is 5.02 Å². The minimum Gasteiger partial charge on any atom is -0.437 e. The van der Waals surface area contributed by atoms with Crippen LogP contribution in [0.5, 0.6) is 11.6 Å². The van der Waals surface area contributed by atoms with E-state index in [0.29, 0.717) is 6.07 Å². The van der Waals surface area contributed by atoms with Crippen LogP contribution in [-0.4, -0.2) is 23.8 Å². The van der Waals surface area contributed by atoms with Gasteiger partial charge < -0.3 is 20.1 Å². The molecule has 0 spiro atoms. The molecule has 0 saturated carbocycles. The van der Waals surface area contributed by atoms with Gasteiger partial charge in [0, 0.05) is 23.2 Å². The van der Waals surface area contributed by atoms with Crippen LogP contribution in [0.4, 0.5) is 38.1 Å². The van der Waals surface area contributed by atoms with Crippen LogP contribution in [0.1, 0.15) is 12.0 Å². The first-order valence-corrected chi connectivity index (χ1v) is 10.1. The Morgan fingerprint density at radius 2 is 1.82 bits per heavy atom. The van der Waals surface area contributed by atoms with Crippen molar-refractivity contribution < 1.29 is 36.2 Å². The molecule has 1 aliphatic rings. The molecular formula is C22H15ClF5N3O3. The first kappa shape index (κ1) is 23.7. The van der Waals surface area contributed by atoms with Crippen LogP contribution in [0.25, 0.3) is 0 Å². The number of pyridine rings is 1. The summed E-state index contributed by atoms with van der Waals surface area (Å²) in [7, 11) is 0. The Bertz CT molecular complexity index is 1230. The van der Waals surface area contributed by atoms with Gasteiger partial charge >= 0.3 is 12.2 Å². The predicted molar refractivity (Wildman–Crippen MR) is 113 cm³/mol. The maximum Gasteiger partial charge on any atom is 0.421 e. The Morgan fingerprint density at radius 1 is 1.09 bits per heavy atom. The van der Waals surface area contributed by atoms with Crippen LogP contribution < -0.4 is 15.4 Å². The molecule has 0 aliphatic carbocycles. The van der Waals surface area contributed by atoms with E-state index in [1.165, 1.54) is 30.5 Å². The third kappa shape index (κ3) is 4.62. The Morgan fingerprint density at radius 3 is 2.47 bits per heavy atom. The molecule has 1 aliphatic heterocycles. The van der Waals surface area contributed by atoms with E-state index in [2.05, 4.69) is 15.6 Å². The van der Waals surface area contributed by atoms with Crippen molar-refractivity contribution in [1.82, 2.24) is 4.98 Å². The largest absolute Gasteiger partial charge is 0.437 e. The summed E-state index contributed by atoms with van der Waals surface area (Å²) in [5.41, 5.74) is -3.49. The zero-order chi connectivity index (χ0) is 24.5. The molecule has 34 heavy (non-hydrogen) atoms. The highest BCUT2D eigenvalue weighted by atomic mass is 35.5. The number of anilines is 2. The normalized spacial score (nSPS) is 17.6. The number of nitrogens with zero attached hydrogens (tertiary/aromatic N) is 1. The molecular weight excluding hydrogens is 485 g/mol. The first-order valence-electron chi connectivity index (χ1n) is 9.76. The number of benzene rings is 2. The summed E-state index contributed by atoms with van der Waals surface area (Å²) in [5.74, 6) is -2.33. The standard InChI is InChI=1S/C22H15ClF5N3O3/c23-12-3-5-16(15(25)10-12)30-20(32)31-17-2-1-8-29-19(17)34-18-6-4-13(24)11-14(18)21(7-9-33-21)22(26,27)28/h1-6,8,10-11H,7,9H2,(H2,30,31,32). The number of nitrogens with one attached hydrogen (secondary N) is 2. The fourth-order valence-electron chi connectivity index (χ4n) is 3.34. The number of hydrogen-bond donors (Lipinski definition) is 2. The molecule has 0 radical (unpaired) electrons. The van der Waals surface area contributed by atoms with Gasteiger partial charge in [-0.2, -0.15) is 13.2 Å². The van der Waals surface area contributed by atoms with Gasteiger partial charge in [-0.15, -0.1) is 0 Å². The molecule has 2 N–H and O–H groups in total. The Kier molecular flexibility index (Phi) is 6.32. The Labute approximate surface area is 194 Å². The molecule has 1 fully saturated rings. The van der Waals surface area contributed by atoms with Crippen LogP contribution >= 0.6 is 11.6 Å². The van der Waals surface area contributed by atoms with Crippen LogP contribution in [0.15, 0.2) is 54.7 Å². The second-order valence-electron chi connectivity index (χ2n) is 7.23. The number of halogens is 6. The van der Waals surface area contributed by atoms with Gasteiger partial charge in [-0.1, -0.05) is 11.6 Å². The molecule has 178 valence electrons. The second-order valence-corrected chi connectivity index (χ2v) is 7.66. The Hall–Kier alpha value is -3.44. The summed E-state index contributed by atoms with van der Waals surface area (Å²) in [6, 6.07) is 8.17. The summed E-state index contributed by atoms with van der Waals surface area (Å²) < 4.78 is 79.6. The van der Waals surface area contributed by atoms with Gasteiger partial charge in [-0.3, -0.25) is 0 Å². The Balaban J connectivity index is 1.60. The van der Waals surface area contributed by atoms with E-state index in [0.717, 1.165) is 18.2 Å². The molecule has 2 aromatic carbocycles. The predicted octanol–water partition coefficient (Wildman–Crippen LogP) is 6.63. The molecule has 12 heteroatoms. The molecule has 6 nitrogen and oxygen atoms in total. The number of hydrogen-bond acceptors (Lipinski definition) is 4. The lowest BCUT2D eigenvalue weighted by atomic mass is 9.85. The van der Waals surface area contributed by atoms with Crippen LogP contribution in [0, 0.1) is 11.6 Å². The number of rotatable bonds is 5. The van der Waals surface area contributed by atoms with Crippen molar-refractivity contribution in [3.8, 4) is 11.6 Å². The van der Waals surface area contributed by atoms with E-state index in [1.54, 1.807) is 0 Å². The molecule has 3 aromatic rings. The lowest BCUT2D eigenvalue weighted by Gasteiger charge is -2.43. The molecule has 2 amide bonds. The minimum absolute atomic E-state index is 0.0415. The van der Waals surface area contributed by atoms with E-state index >= 15 is 0 Å². The van der Waals surface area contributed by atoms with Gasteiger partial charge in [0.2, 0.25) is 5.88 Å². The van der Waals surface area contributed by atoms with Crippen LogP contribution in [-0.2, 0) is 10.3 Å². The van der Waals surface area contributed by atoms with Gasteiger partial charge in [0.25, 0.3) is 0 Å². The topological polar surface area (TPSA) is 72.5 Å². The maximum absolute atomic E-state index is 13.9. The highest BCUT2D eigenvalue weighted by molar-refractivity contribution is 6.30. The molecule has 4 rings (SSSR count). The van der Waals surface area contributed by atoms with Crippen molar-refractivity contribution in [1.29, 1.82) is 0 Å². The maximum atomic E-state index is 13.9. The molecule has 1 aromatic heterocycles. The highest BCUT2D eigenvalue weighted by Crippen LogP contribution is 2.53. The van der Waals surface area contributed by atoms with Gasteiger partial charge in [0.1, 0.15) is 23.1 Å². The SMILES string of the molecule is O=C(Nc1ccc(Cl)cc1F)Nc1cccnc1Oc1ccc(F)cc1C1(C(F)(F)F)CCO1. The zero-order valence-electron chi connectivity index (χ0n) is 17.1. The fourth-order valence-corrected chi connectivity index (χ4v) is 3.50. The summed E-state index contributed by atoms with van der Waals surface area (Å²) in [6.45, 7) is -0.159. The number of ether oxygens (including phenoxy) is 2. The van der Waals surface area contributed by atoms with Gasteiger partial charge in [0.15, 0.2) is 5.60 Å². The summed E-state index contributed by atoms with van der Waals surface area (Å²) in [6.07, 6.45) is -3.97. The number of carbonyl (C=O) groups is 1. The fraction of sp³-hybridized carbons (Fsp3) is 0.182. The smallest absolute Gasteiger partial charge is 0.421 e. The summed E-state index contributed by atoms with van der Waals surface area (Å²) in [5, 5.41) is 4.79. The second kappa shape index (κ2) is 9.07. The number of urea groups is 1. The molecule has 0 bridgehead atoms. The van der Waals surface area contributed by atoms with Crippen molar-refractivity contribution in [3.05, 3.63) is 76.9 Å². The molecule has 1 atom stereocenters. The lowest BCUT2D eigenvalue weighted by molar-refractivity contribution is -0.333. The minimum atomic E-state index is -4.83. The molecule has 2 heterocycles.